The van der Waals surface area contributed by atoms with Crippen molar-refractivity contribution < 1.29 is 9.47 Å². The average molecular weight is 549 g/mol. The molecule has 0 bridgehead atoms. The number of nitrogens with one attached hydrogen (secondary N) is 1. The van der Waals surface area contributed by atoms with Crippen LogP contribution in [0.15, 0.2) is 102 Å². The predicted octanol–water partition coefficient (Wildman–Crippen LogP) is 9.20. The van der Waals surface area contributed by atoms with Crippen molar-refractivity contribution in [3.05, 3.63) is 130 Å². The van der Waals surface area contributed by atoms with Crippen LogP contribution in [0, 0.1) is 12.8 Å². The number of hydrogen-bond acceptors (Lipinski definition) is 4. The van der Waals surface area contributed by atoms with Crippen LogP contribution in [0.2, 0.25) is 5.02 Å². The molecule has 3 atom stereocenters. The standard InChI is InChI=1S/C35H33ClN2O2/c1-3-39-34-20-24(11-17-33(34)40-22-25-6-4-7-27(36)19-25)21-37-28-14-12-26(13-15-28)35-30-9-5-8-29(30)31-18-23(2)10-16-32(31)38-35/h4-8,10-21,29-30,35,38H,3,9,22H2,1-2H3/t29-,30-,35+/m1/s1. The first-order valence-corrected chi connectivity index (χ1v) is 14.3. The van der Waals surface area contributed by atoms with Crippen molar-refractivity contribution >= 4 is 29.2 Å². The maximum atomic E-state index is 6.11. The number of halogens is 1. The quantitative estimate of drug-likeness (QED) is 0.176. The third-order valence-electron chi connectivity index (χ3n) is 7.68. The van der Waals surface area contributed by atoms with Gasteiger partial charge in [-0.15, -0.1) is 0 Å². The third-order valence-corrected chi connectivity index (χ3v) is 7.92. The molecule has 0 saturated heterocycles. The van der Waals surface area contributed by atoms with Crippen molar-refractivity contribution in [3.8, 4) is 11.5 Å². The van der Waals surface area contributed by atoms with Gasteiger partial charge in [-0.1, -0.05) is 65.7 Å². The number of allylic oxidation sites excluding steroid dienone is 2. The van der Waals surface area contributed by atoms with E-state index in [-0.39, 0.29) is 6.04 Å². The van der Waals surface area contributed by atoms with Gasteiger partial charge in [0.1, 0.15) is 6.61 Å². The molecule has 1 aliphatic carbocycles. The molecular weight excluding hydrogens is 516 g/mol. The lowest BCUT2D eigenvalue weighted by atomic mass is 9.76. The first kappa shape index (κ1) is 26.2. The highest BCUT2D eigenvalue weighted by molar-refractivity contribution is 6.30. The molecule has 0 aromatic heterocycles. The van der Waals surface area contributed by atoms with Crippen LogP contribution in [0.5, 0.6) is 11.5 Å². The number of hydrogen-bond donors (Lipinski definition) is 1. The highest BCUT2D eigenvalue weighted by atomic mass is 35.5. The number of benzene rings is 4. The zero-order valence-corrected chi connectivity index (χ0v) is 23.6. The number of nitrogens with zero attached hydrogens (tertiary/aromatic N) is 1. The molecule has 1 N–H and O–H groups in total. The summed E-state index contributed by atoms with van der Waals surface area (Å²) in [5.74, 6) is 2.39. The summed E-state index contributed by atoms with van der Waals surface area (Å²) in [6, 6.07) is 29.2. The van der Waals surface area contributed by atoms with Crippen LogP contribution in [0.1, 0.15) is 53.1 Å². The maximum Gasteiger partial charge on any atom is 0.161 e. The van der Waals surface area contributed by atoms with E-state index in [0.29, 0.717) is 41.6 Å². The van der Waals surface area contributed by atoms with Crippen LogP contribution in [0.4, 0.5) is 11.4 Å². The molecular formula is C35H33ClN2O2. The molecule has 4 aromatic carbocycles. The van der Waals surface area contributed by atoms with Gasteiger partial charge in [0.15, 0.2) is 11.5 Å². The van der Waals surface area contributed by atoms with E-state index in [1.165, 1.54) is 22.4 Å². The monoisotopic (exact) mass is 548 g/mol. The van der Waals surface area contributed by atoms with Gasteiger partial charge in [0.2, 0.25) is 0 Å². The molecule has 0 spiro atoms. The fraction of sp³-hybridized carbons (Fsp3) is 0.229. The number of aliphatic imine (C=N–C) groups is 1. The van der Waals surface area contributed by atoms with Crippen LogP contribution in [-0.4, -0.2) is 12.8 Å². The van der Waals surface area contributed by atoms with Crippen LogP contribution >= 0.6 is 11.6 Å². The summed E-state index contributed by atoms with van der Waals surface area (Å²) in [6.07, 6.45) is 7.69. The number of ether oxygens (including phenoxy) is 2. The summed E-state index contributed by atoms with van der Waals surface area (Å²) >= 11 is 6.11. The normalized spacial score (nSPS) is 19.2. The van der Waals surface area contributed by atoms with Crippen LogP contribution in [0.25, 0.3) is 0 Å². The fourth-order valence-electron chi connectivity index (χ4n) is 5.74. The molecule has 0 amide bonds. The Morgan fingerprint density at radius 1 is 0.950 bits per heavy atom. The summed E-state index contributed by atoms with van der Waals surface area (Å²) in [7, 11) is 0. The molecule has 2 aliphatic rings. The molecule has 0 fully saturated rings. The van der Waals surface area contributed by atoms with Crippen molar-refractivity contribution in [3.63, 3.8) is 0 Å². The van der Waals surface area contributed by atoms with E-state index in [1.54, 1.807) is 0 Å². The second kappa shape index (κ2) is 11.6. The largest absolute Gasteiger partial charge is 0.490 e. The minimum atomic E-state index is 0.279. The van der Waals surface area contributed by atoms with Gasteiger partial charge in [-0.2, -0.15) is 0 Å². The maximum absolute atomic E-state index is 6.11. The van der Waals surface area contributed by atoms with Gasteiger partial charge in [-0.25, -0.2) is 0 Å². The molecule has 202 valence electrons. The Morgan fingerprint density at radius 3 is 2.65 bits per heavy atom. The Balaban J connectivity index is 1.15. The predicted molar refractivity (Wildman–Crippen MR) is 165 cm³/mol. The average Bonchev–Trinajstić information content (AvgIpc) is 3.46. The summed E-state index contributed by atoms with van der Waals surface area (Å²) < 4.78 is 11.9. The van der Waals surface area contributed by atoms with Crippen molar-refractivity contribution in [1.82, 2.24) is 0 Å². The topological polar surface area (TPSA) is 42.8 Å². The smallest absolute Gasteiger partial charge is 0.161 e. The van der Waals surface area contributed by atoms with E-state index in [1.807, 2.05) is 55.6 Å². The number of fused-ring (bicyclic) bond motifs is 3. The molecule has 1 aliphatic heterocycles. The summed E-state index contributed by atoms with van der Waals surface area (Å²) in [4.78, 5) is 4.74. The van der Waals surface area contributed by atoms with Gasteiger partial charge in [0, 0.05) is 22.8 Å². The molecule has 4 aromatic rings. The molecule has 0 radical (unpaired) electrons. The molecule has 4 nitrogen and oxygen atoms in total. The second-order valence-electron chi connectivity index (χ2n) is 10.5. The number of rotatable bonds is 8. The fourth-order valence-corrected chi connectivity index (χ4v) is 5.95. The van der Waals surface area contributed by atoms with E-state index in [4.69, 9.17) is 26.1 Å². The summed E-state index contributed by atoms with van der Waals surface area (Å²) in [5, 5.41) is 4.52. The van der Waals surface area contributed by atoms with Gasteiger partial charge < -0.3 is 14.8 Å². The minimum absolute atomic E-state index is 0.279. The minimum Gasteiger partial charge on any atom is -0.490 e. The zero-order chi connectivity index (χ0) is 27.5. The second-order valence-corrected chi connectivity index (χ2v) is 10.9. The van der Waals surface area contributed by atoms with Crippen molar-refractivity contribution in [1.29, 1.82) is 0 Å². The number of anilines is 1. The van der Waals surface area contributed by atoms with Gasteiger partial charge in [-0.05, 0) is 97.0 Å². The van der Waals surface area contributed by atoms with E-state index < -0.39 is 0 Å². The lowest BCUT2D eigenvalue weighted by molar-refractivity contribution is 0.269. The molecule has 5 heteroatoms. The highest BCUT2D eigenvalue weighted by Crippen LogP contribution is 2.50. The Morgan fingerprint density at radius 2 is 1.82 bits per heavy atom. The molecule has 6 rings (SSSR count). The SMILES string of the molecule is CCOc1cc(C=Nc2ccc([C@@H]3Nc4ccc(C)cc4[C@@H]4C=CC[C@H]43)cc2)ccc1OCc1cccc(Cl)c1. The number of aryl methyl sites for hydroxylation is 1. The van der Waals surface area contributed by atoms with Gasteiger partial charge in [0.25, 0.3) is 0 Å². The molecule has 0 saturated carbocycles. The van der Waals surface area contributed by atoms with Gasteiger partial charge in [-0.3, -0.25) is 4.99 Å². The van der Waals surface area contributed by atoms with Crippen molar-refractivity contribution in [2.75, 3.05) is 11.9 Å². The molecule has 1 heterocycles. The first-order chi connectivity index (χ1) is 19.6. The van der Waals surface area contributed by atoms with E-state index in [9.17, 15) is 0 Å². The van der Waals surface area contributed by atoms with Crippen molar-refractivity contribution in [2.24, 2.45) is 10.9 Å². The lowest BCUT2D eigenvalue weighted by Gasteiger charge is -2.37. The van der Waals surface area contributed by atoms with Crippen molar-refractivity contribution in [2.45, 2.75) is 38.8 Å². The highest BCUT2D eigenvalue weighted by Gasteiger charge is 2.37. The van der Waals surface area contributed by atoms with Gasteiger partial charge >= 0.3 is 0 Å². The van der Waals surface area contributed by atoms with Crippen LogP contribution < -0.4 is 14.8 Å². The summed E-state index contributed by atoms with van der Waals surface area (Å²) in [5.41, 5.74) is 8.14. The Labute approximate surface area is 241 Å². The first-order valence-electron chi connectivity index (χ1n) is 13.9. The lowest BCUT2D eigenvalue weighted by Crippen LogP contribution is -2.29. The van der Waals surface area contributed by atoms with E-state index in [2.05, 4.69) is 66.9 Å². The summed E-state index contributed by atoms with van der Waals surface area (Å²) in [6.45, 7) is 5.10. The van der Waals surface area contributed by atoms with Crippen LogP contribution in [-0.2, 0) is 6.61 Å². The molecule has 40 heavy (non-hydrogen) atoms. The third kappa shape index (κ3) is 5.64. The Bertz CT molecular complexity index is 1560. The molecule has 0 unspecified atom stereocenters. The Kier molecular flexibility index (Phi) is 7.61. The van der Waals surface area contributed by atoms with Crippen LogP contribution in [0.3, 0.4) is 0 Å². The Hall–Kier alpha value is -4.02. The zero-order valence-electron chi connectivity index (χ0n) is 22.8. The van der Waals surface area contributed by atoms with E-state index in [0.717, 1.165) is 23.2 Å². The van der Waals surface area contributed by atoms with Gasteiger partial charge in [0.05, 0.1) is 18.3 Å². The van der Waals surface area contributed by atoms with E-state index >= 15 is 0 Å².